The van der Waals surface area contributed by atoms with Gasteiger partial charge in [0.05, 0.1) is 6.54 Å². The molecule has 2 aromatic rings. The van der Waals surface area contributed by atoms with Crippen LogP contribution in [0.15, 0.2) is 54.6 Å². The second-order valence-corrected chi connectivity index (χ2v) is 6.12. The minimum absolute atomic E-state index is 0.234. The number of carbonyl (C=O) groups excluding carboxylic acids is 1. The predicted octanol–water partition coefficient (Wildman–Crippen LogP) is 3.09. The van der Waals surface area contributed by atoms with E-state index < -0.39 is 0 Å². The van der Waals surface area contributed by atoms with Crippen LogP contribution in [0.1, 0.15) is 23.6 Å². The van der Waals surface area contributed by atoms with Crippen molar-refractivity contribution in [3.63, 3.8) is 0 Å². The van der Waals surface area contributed by atoms with Gasteiger partial charge in [-0.3, -0.25) is 9.69 Å². The maximum atomic E-state index is 12.7. The highest BCUT2D eigenvalue weighted by Gasteiger charge is 2.21. The van der Waals surface area contributed by atoms with Crippen LogP contribution in [0, 0.1) is 0 Å². The van der Waals surface area contributed by atoms with Crippen LogP contribution in [0.2, 0.25) is 0 Å². The highest BCUT2D eigenvalue weighted by atomic mass is 16.2. The van der Waals surface area contributed by atoms with Gasteiger partial charge in [0.25, 0.3) is 0 Å². The van der Waals surface area contributed by atoms with E-state index in [0.717, 1.165) is 32.6 Å². The third kappa shape index (κ3) is 3.99. The Hall–Kier alpha value is -2.13. The molecule has 1 heterocycles. The van der Waals surface area contributed by atoms with Crippen molar-refractivity contribution in [2.24, 2.45) is 0 Å². The second-order valence-electron chi connectivity index (χ2n) is 6.12. The molecule has 2 aromatic carbocycles. The van der Waals surface area contributed by atoms with Crippen LogP contribution in [0.4, 0.5) is 0 Å². The fraction of sp³-hybridized carbons (Fsp3) is 0.350. The topological polar surface area (TPSA) is 23.6 Å². The van der Waals surface area contributed by atoms with Crippen LogP contribution in [0.5, 0.6) is 0 Å². The molecule has 1 aliphatic rings. The molecular weight excluding hydrogens is 284 g/mol. The van der Waals surface area contributed by atoms with E-state index in [4.69, 9.17) is 0 Å². The summed E-state index contributed by atoms with van der Waals surface area (Å²) in [6.45, 7) is 5.89. The number of rotatable bonds is 5. The molecule has 3 heteroatoms. The summed E-state index contributed by atoms with van der Waals surface area (Å²) in [5, 5.41) is 0. The van der Waals surface area contributed by atoms with Gasteiger partial charge in [-0.2, -0.15) is 0 Å². The molecule has 23 heavy (non-hydrogen) atoms. The Bertz CT molecular complexity index is 654. The van der Waals surface area contributed by atoms with Gasteiger partial charge in [-0.05, 0) is 29.7 Å². The second kappa shape index (κ2) is 7.42. The van der Waals surface area contributed by atoms with E-state index in [1.54, 1.807) is 0 Å². The van der Waals surface area contributed by atoms with E-state index >= 15 is 0 Å². The monoisotopic (exact) mass is 308 g/mol. The Balaban J connectivity index is 1.60. The highest BCUT2D eigenvalue weighted by Crippen LogP contribution is 2.18. The van der Waals surface area contributed by atoms with Crippen molar-refractivity contribution >= 4 is 5.91 Å². The van der Waals surface area contributed by atoms with Crippen LogP contribution >= 0.6 is 0 Å². The van der Waals surface area contributed by atoms with Gasteiger partial charge >= 0.3 is 0 Å². The van der Waals surface area contributed by atoms with Gasteiger partial charge in [0, 0.05) is 19.6 Å². The van der Waals surface area contributed by atoms with Gasteiger partial charge in [-0.1, -0.05) is 61.5 Å². The average Bonchev–Trinajstić information content (AvgIpc) is 2.61. The van der Waals surface area contributed by atoms with Crippen LogP contribution in [0.3, 0.4) is 0 Å². The molecular formula is C20H24N2O. The number of amides is 1. The molecule has 1 amide bonds. The largest absolute Gasteiger partial charge is 0.337 e. The number of carbonyl (C=O) groups is 1. The Labute approximate surface area is 138 Å². The fourth-order valence-electron chi connectivity index (χ4n) is 3.12. The molecule has 0 atom stereocenters. The Morgan fingerprint density at radius 1 is 1.04 bits per heavy atom. The van der Waals surface area contributed by atoms with E-state index in [2.05, 4.69) is 48.2 Å². The molecule has 0 aliphatic carbocycles. The number of hydrogen-bond donors (Lipinski definition) is 0. The van der Waals surface area contributed by atoms with Gasteiger partial charge in [0.1, 0.15) is 0 Å². The maximum absolute atomic E-state index is 12.7. The number of nitrogens with zero attached hydrogens (tertiary/aromatic N) is 2. The third-order valence-electron chi connectivity index (χ3n) is 4.54. The SMILES string of the molecule is CCN(CC(=O)N1CCc2ccccc2C1)Cc1ccccc1. The van der Waals surface area contributed by atoms with Gasteiger partial charge in [-0.25, -0.2) is 0 Å². The van der Waals surface area contributed by atoms with Crippen molar-refractivity contribution in [1.29, 1.82) is 0 Å². The van der Waals surface area contributed by atoms with Gasteiger partial charge in [0.2, 0.25) is 5.91 Å². The molecule has 0 saturated heterocycles. The van der Waals surface area contributed by atoms with E-state index in [1.165, 1.54) is 16.7 Å². The lowest BCUT2D eigenvalue weighted by molar-refractivity contribution is -0.133. The Morgan fingerprint density at radius 2 is 1.74 bits per heavy atom. The van der Waals surface area contributed by atoms with Crippen LogP contribution in [-0.2, 0) is 24.3 Å². The van der Waals surface area contributed by atoms with Crippen molar-refractivity contribution in [2.45, 2.75) is 26.4 Å². The molecule has 0 spiro atoms. The Kier molecular flexibility index (Phi) is 5.09. The van der Waals surface area contributed by atoms with Crippen LogP contribution in [-0.4, -0.2) is 35.3 Å². The van der Waals surface area contributed by atoms with E-state index in [0.29, 0.717) is 6.54 Å². The average molecular weight is 308 g/mol. The molecule has 0 unspecified atom stereocenters. The summed E-state index contributed by atoms with van der Waals surface area (Å²) in [6, 6.07) is 18.8. The first-order chi connectivity index (χ1) is 11.3. The zero-order chi connectivity index (χ0) is 16.1. The zero-order valence-electron chi connectivity index (χ0n) is 13.7. The van der Waals surface area contributed by atoms with E-state index in [-0.39, 0.29) is 5.91 Å². The number of benzene rings is 2. The normalized spacial score (nSPS) is 13.9. The van der Waals surface area contributed by atoms with Crippen molar-refractivity contribution in [3.8, 4) is 0 Å². The van der Waals surface area contributed by atoms with Crippen molar-refractivity contribution in [1.82, 2.24) is 9.80 Å². The first kappa shape index (κ1) is 15.8. The summed E-state index contributed by atoms with van der Waals surface area (Å²) in [4.78, 5) is 16.9. The third-order valence-corrected chi connectivity index (χ3v) is 4.54. The van der Waals surface area contributed by atoms with Gasteiger partial charge in [0.15, 0.2) is 0 Å². The molecule has 120 valence electrons. The van der Waals surface area contributed by atoms with Crippen LogP contribution in [0.25, 0.3) is 0 Å². The van der Waals surface area contributed by atoms with E-state index in [9.17, 15) is 4.79 Å². The number of fused-ring (bicyclic) bond motifs is 1. The Morgan fingerprint density at radius 3 is 2.48 bits per heavy atom. The first-order valence-corrected chi connectivity index (χ1v) is 8.37. The summed E-state index contributed by atoms with van der Waals surface area (Å²) in [5.41, 5.74) is 3.93. The maximum Gasteiger partial charge on any atom is 0.237 e. The smallest absolute Gasteiger partial charge is 0.237 e. The summed E-state index contributed by atoms with van der Waals surface area (Å²) >= 11 is 0. The molecule has 0 saturated carbocycles. The number of hydrogen-bond acceptors (Lipinski definition) is 2. The predicted molar refractivity (Wildman–Crippen MR) is 93.0 cm³/mol. The zero-order valence-corrected chi connectivity index (χ0v) is 13.7. The molecule has 3 rings (SSSR count). The molecule has 0 aromatic heterocycles. The lowest BCUT2D eigenvalue weighted by Gasteiger charge is -2.31. The number of likely N-dealkylation sites (N-methyl/N-ethyl adjacent to an activating group) is 1. The lowest BCUT2D eigenvalue weighted by atomic mass is 10.00. The first-order valence-electron chi connectivity index (χ1n) is 8.37. The lowest BCUT2D eigenvalue weighted by Crippen LogP contribution is -2.42. The molecule has 0 radical (unpaired) electrons. The minimum atomic E-state index is 0.234. The fourth-order valence-corrected chi connectivity index (χ4v) is 3.12. The van der Waals surface area contributed by atoms with Gasteiger partial charge < -0.3 is 4.90 Å². The summed E-state index contributed by atoms with van der Waals surface area (Å²) in [5.74, 6) is 0.234. The summed E-state index contributed by atoms with van der Waals surface area (Å²) < 4.78 is 0. The molecule has 1 aliphatic heterocycles. The van der Waals surface area contributed by atoms with Crippen molar-refractivity contribution < 1.29 is 4.79 Å². The van der Waals surface area contributed by atoms with Crippen LogP contribution < -0.4 is 0 Å². The molecule has 3 nitrogen and oxygen atoms in total. The quantitative estimate of drug-likeness (QED) is 0.847. The molecule has 0 N–H and O–H groups in total. The van der Waals surface area contributed by atoms with E-state index in [1.807, 2.05) is 23.1 Å². The van der Waals surface area contributed by atoms with Crippen molar-refractivity contribution in [3.05, 3.63) is 71.3 Å². The molecule has 0 bridgehead atoms. The summed E-state index contributed by atoms with van der Waals surface area (Å²) in [7, 11) is 0. The van der Waals surface area contributed by atoms with Crippen molar-refractivity contribution in [2.75, 3.05) is 19.6 Å². The standard InChI is InChI=1S/C20H24N2O/c1-2-21(14-17-8-4-3-5-9-17)16-20(23)22-13-12-18-10-6-7-11-19(18)15-22/h3-11H,2,12-16H2,1H3. The molecule has 0 fully saturated rings. The minimum Gasteiger partial charge on any atom is -0.337 e. The highest BCUT2D eigenvalue weighted by molar-refractivity contribution is 5.78. The van der Waals surface area contributed by atoms with Gasteiger partial charge in [-0.15, -0.1) is 0 Å². The summed E-state index contributed by atoms with van der Waals surface area (Å²) in [6.07, 6.45) is 0.965.